The Labute approximate surface area is 189 Å². The summed E-state index contributed by atoms with van der Waals surface area (Å²) in [7, 11) is 0. The molecule has 1 aromatic carbocycles. The van der Waals surface area contributed by atoms with E-state index in [1.165, 1.54) is 0 Å². The molecule has 3 aromatic rings. The Hall–Kier alpha value is -2.42. The maximum atomic E-state index is 13.5. The minimum Gasteiger partial charge on any atom is -1.00 e. The van der Waals surface area contributed by atoms with E-state index in [9.17, 15) is 4.79 Å². The van der Waals surface area contributed by atoms with Gasteiger partial charge in [-0.2, -0.15) is 0 Å². The quantitative estimate of drug-likeness (QED) is 0.434. The van der Waals surface area contributed by atoms with Crippen LogP contribution in [0.2, 0.25) is 0 Å². The first kappa shape index (κ1) is 23.2. The number of carbonyl (C=O) groups excluding carboxylic acids is 1. The number of piperazine rings is 1. The first-order chi connectivity index (χ1) is 14.6. The smallest absolute Gasteiger partial charge is 0.247 e. The lowest BCUT2D eigenvalue weighted by atomic mass is 9.98. The van der Waals surface area contributed by atoms with E-state index >= 15 is 0 Å². The van der Waals surface area contributed by atoms with Gasteiger partial charge in [-0.1, -0.05) is 43.7 Å². The summed E-state index contributed by atoms with van der Waals surface area (Å²) in [4.78, 5) is 18.8. The summed E-state index contributed by atoms with van der Waals surface area (Å²) in [6, 6.07) is 9.60. The second kappa shape index (κ2) is 10.3. The van der Waals surface area contributed by atoms with Crippen LogP contribution in [0.15, 0.2) is 36.5 Å². The molecule has 0 radical (unpaired) electrons. The highest BCUT2D eigenvalue weighted by atomic mass is 35.5. The lowest BCUT2D eigenvalue weighted by molar-refractivity contribution is -0.135. The summed E-state index contributed by atoms with van der Waals surface area (Å²) >= 11 is 0. The van der Waals surface area contributed by atoms with Crippen LogP contribution in [0.5, 0.6) is 0 Å². The van der Waals surface area contributed by atoms with E-state index in [1.807, 2.05) is 29.3 Å². The number of halogens is 1. The van der Waals surface area contributed by atoms with Gasteiger partial charge >= 0.3 is 0 Å². The number of amides is 1. The molecule has 1 saturated heterocycles. The van der Waals surface area contributed by atoms with Crippen molar-refractivity contribution in [1.29, 1.82) is 0 Å². The highest BCUT2D eigenvalue weighted by Gasteiger charge is 2.29. The van der Waals surface area contributed by atoms with Crippen LogP contribution in [-0.4, -0.2) is 57.0 Å². The van der Waals surface area contributed by atoms with Gasteiger partial charge in [0.15, 0.2) is 0 Å². The lowest BCUT2D eigenvalue weighted by Crippen LogP contribution is -3.00. The van der Waals surface area contributed by atoms with Crippen LogP contribution in [0.25, 0.3) is 10.9 Å². The Morgan fingerprint density at radius 2 is 2.00 bits per heavy atom. The summed E-state index contributed by atoms with van der Waals surface area (Å²) in [5.41, 5.74) is 9.17. The molecule has 0 bridgehead atoms. The fraction of sp³-hybridized carbons (Fsp3) is 0.500. The summed E-state index contributed by atoms with van der Waals surface area (Å²) in [5.74, 6) is 0.370. The van der Waals surface area contributed by atoms with Crippen molar-refractivity contribution < 1.29 is 17.2 Å². The molecule has 1 fully saturated rings. The Morgan fingerprint density at radius 1 is 1.26 bits per heavy atom. The first-order valence-corrected chi connectivity index (χ1v) is 10.8. The number of fused-ring (bicyclic) bond motifs is 1. The second-order valence-corrected chi connectivity index (χ2v) is 8.21. The number of benzene rings is 1. The molecular weight excluding hydrogens is 414 g/mol. The molecule has 31 heavy (non-hydrogen) atoms. The van der Waals surface area contributed by atoms with Crippen molar-refractivity contribution in [2.75, 3.05) is 26.2 Å². The van der Waals surface area contributed by atoms with E-state index in [-0.39, 0.29) is 24.4 Å². The molecule has 0 saturated carbocycles. The normalized spacial score (nSPS) is 17.2. The predicted octanol–water partition coefficient (Wildman–Crippen LogP) is -0.975. The molecule has 2 aromatic heterocycles. The van der Waals surface area contributed by atoms with Crippen molar-refractivity contribution in [3.8, 4) is 0 Å². The second-order valence-electron chi connectivity index (χ2n) is 8.21. The zero-order valence-electron chi connectivity index (χ0n) is 18.1. The third kappa shape index (κ3) is 5.08. The Balaban J connectivity index is 0.00000272. The minimum absolute atomic E-state index is 0. The van der Waals surface area contributed by atoms with Crippen LogP contribution in [-0.2, 0) is 11.2 Å². The molecule has 1 unspecified atom stereocenters. The molecule has 4 rings (SSSR count). The van der Waals surface area contributed by atoms with E-state index in [2.05, 4.69) is 46.6 Å². The number of aromatic amines is 1. The summed E-state index contributed by atoms with van der Waals surface area (Å²) in [5, 5.41) is 13.1. The highest BCUT2D eigenvalue weighted by Crippen LogP contribution is 2.24. The fourth-order valence-corrected chi connectivity index (χ4v) is 3.98. The number of rotatable bonds is 7. The van der Waals surface area contributed by atoms with Gasteiger partial charge in [0.1, 0.15) is 6.04 Å². The molecule has 0 aliphatic carbocycles. The van der Waals surface area contributed by atoms with Crippen LogP contribution in [0, 0.1) is 5.92 Å². The van der Waals surface area contributed by atoms with Crippen LogP contribution < -0.4 is 23.5 Å². The summed E-state index contributed by atoms with van der Waals surface area (Å²) in [6.45, 7) is 7.25. The van der Waals surface area contributed by atoms with E-state index < -0.39 is 6.04 Å². The van der Waals surface area contributed by atoms with E-state index in [0.29, 0.717) is 25.4 Å². The molecule has 1 amide bonds. The number of nitrogens with zero attached hydrogens (tertiary/aromatic N) is 4. The zero-order chi connectivity index (χ0) is 21.1. The molecule has 3 heterocycles. The number of carbonyl (C=O) groups is 1. The van der Waals surface area contributed by atoms with Crippen molar-refractivity contribution in [2.24, 2.45) is 11.7 Å². The molecule has 0 spiro atoms. The Morgan fingerprint density at radius 3 is 2.71 bits per heavy atom. The molecule has 8 nitrogen and oxygen atoms in total. The van der Waals surface area contributed by atoms with Gasteiger partial charge in [-0.05, 0) is 23.4 Å². The highest BCUT2D eigenvalue weighted by molar-refractivity contribution is 5.82. The number of aromatic nitrogens is 4. The topological polar surface area (TPSA) is 105 Å². The third-order valence-electron chi connectivity index (χ3n) is 6.16. The largest absolute Gasteiger partial charge is 1.00 e. The van der Waals surface area contributed by atoms with Crippen LogP contribution >= 0.6 is 0 Å². The van der Waals surface area contributed by atoms with Crippen molar-refractivity contribution >= 4 is 16.8 Å². The van der Waals surface area contributed by atoms with Gasteiger partial charge in [0.25, 0.3) is 0 Å². The molecule has 1 aliphatic heterocycles. The number of para-hydroxylation sites is 1. The molecule has 3 atom stereocenters. The van der Waals surface area contributed by atoms with Gasteiger partial charge in [-0.15, -0.1) is 5.10 Å². The van der Waals surface area contributed by atoms with E-state index in [1.54, 1.807) is 4.68 Å². The fourth-order valence-electron chi connectivity index (χ4n) is 3.98. The third-order valence-corrected chi connectivity index (χ3v) is 6.16. The average Bonchev–Trinajstić information content (AvgIpc) is 3.43. The van der Waals surface area contributed by atoms with Gasteiger partial charge in [-0.3, -0.25) is 4.79 Å². The molecule has 9 heteroatoms. The summed E-state index contributed by atoms with van der Waals surface area (Å²) in [6.07, 6.45) is 3.34. The maximum absolute atomic E-state index is 13.5. The molecule has 168 valence electrons. The SMILES string of the molecule is CCC(C)[C@H](N)c1cn([C@@H](Cc2cc3ccccc3[nH]2)C(=O)N2CCNCC2)nn1.[Cl-]. The molecule has 1 aliphatic rings. The first-order valence-electron chi connectivity index (χ1n) is 10.8. The van der Waals surface area contributed by atoms with Gasteiger partial charge in [0, 0.05) is 43.8 Å². The van der Waals surface area contributed by atoms with Crippen molar-refractivity contribution in [3.05, 3.63) is 47.9 Å². The Kier molecular flexibility index (Phi) is 7.69. The molecular formula is C22H31ClN7O-. The van der Waals surface area contributed by atoms with Gasteiger partial charge < -0.3 is 33.3 Å². The lowest BCUT2D eigenvalue weighted by Gasteiger charge is -2.30. The van der Waals surface area contributed by atoms with Crippen molar-refractivity contribution in [3.63, 3.8) is 0 Å². The number of H-pyrrole nitrogens is 1. The standard InChI is InChI=1S/C22H31N7O.ClH/c1-3-15(2)21(23)19-14-29(27-26-19)20(22(30)28-10-8-24-9-11-28)13-17-12-16-6-4-5-7-18(16)25-17;/h4-7,12,14-15,20-21,24-25H,3,8-11,13,23H2,1-2H3;1H/p-1/t15?,20-,21-;/m0./s1. The van der Waals surface area contributed by atoms with Crippen molar-refractivity contribution in [2.45, 2.75) is 38.8 Å². The van der Waals surface area contributed by atoms with Crippen LogP contribution in [0.4, 0.5) is 0 Å². The zero-order valence-corrected chi connectivity index (χ0v) is 18.8. The van der Waals surface area contributed by atoms with E-state index in [0.717, 1.165) is 41.8 Å². The number of hydrogen-bond acceptors (Lipinski definition) is 5. The Bertz CT molecular complexity index is 962. The van der Waals surface area contributed by atoms with Gasteiger partial charge in [0.2, 0.25) is 5.91 Å². The molecule has 4 N–H and O–H groups in total. The van der Waals surface area contributed by atoms with Gasteiger partial charge in [0.05, 0.1) is 17.9 Å². The predicted molar refractivity (Wildman–Crippen MR) is 117 cm³/mol. The maximum Gasteiger partial charge on any atom is 0.247 e. The average molecular weight is 445 g/mol. The number of nitrogens with two attached hydrogens (primary N) is 1. The number of hydrogen-bond donors (Lipinski definition) is 3. The van der Waals surface area contributed by atoms with Gasteiger partial charge in [-0.25, -0.2) is 4.68 Å². The van der Waals surface area contributed by atoms with Crippen LogP contribution in [0.3, 0.4) is 0 Å². The summed E-state index contributed by atoms with van der Waals surface area (Å²) < 4.78 is 1.70. The monoisotopic (exact) mass is 444 g/mol. The van der Waals surface area contributed by atoms with Crippen molar-refractivity contribution in [1.82, 2.24) is 30.2 Å². The van der Waals surface area contributed by atoms with E-state index in [4.69, 9.17) is 5.73 Å². The van der Waals surface area contributed by atoms with Crippen LogP contribution in [0.1, 0.15) is 43.7 Å². The number of nitrogens with one attached hydrogen (secondary N) is 2. The minimum atomic E-state index is -0.457.